The molecule has 0 radical (unpaired) electrons. The molecule has 6 nitrogen and oxygen atoms in total. The summed E-state index contributed by atoms with van der Waals surface area (Å²) in [7, 11) is 4.53. The van der Waals surface area contributed by atoms with Gasteiger partial charge in [0.2, 0.25) is 5.75 Å². The Morgan fingerprint density at radius 2 is 1.58 bits per heavy atom. The molecule has 0 spiro atoms. The Bertz CT molecular complexity index is 774. The van der Waals surface area contributed by atoms with Crippen LogP contribution in [0, 0.1) is 0 Å². The summed E-state index contributed by atoms with van der Waals surface area (Å²) >= 11 is 11.9. The number of carbonyl (C=O) groups excluding carboxylic acids is 1. The van der Waals surface area contributed by atoms with Crippen LogP contribution < -0.4 is 24.8 Å². The van der Waals surface area contributed by atoms with Crippen LogP contribution in [0.3, 0.4) is 0 Å². The zero-order chi connectivity index (χ0) is 19.3. The van der Waals surface area contributed by atoms with E-state index < -0.39 is 6.03 Å². The monoisotopic (exact) mass is 398 g/mol. The second kappa shape index (κ2) is 8.87. The van der Waals surface area contributed by atoms with E-state index in [1.165, 1.54) is 21.3 Å². The van der Waals surface area contributed by atoms with Crippen molar-refractivity contribution in [2.75, 3.05) is 26.6 Å². The summed E-state index contributed by atoms with van der Waals surface area (Å²) in [4.78, 5) is 12.3. The molecule has 26 heavy (non-hydrogen) atoms. The Balaban J connectivity index is 2.12. The average molecular weight is 399 g/mol. The smallest absolute Gasteiger partial charge is 0.319 e. The van der Waals surface area contributed by atoms with Crippen LogP contribution in [-0.4, -0.2) is 27.4 Å². The molecule has 2 aromatic rings. The molecule has 0 aromatic heterocycles. The standard InChI is InChI=1S/C18H20Cl2N2O4/c1-10(11-5-6-13(19)14(20)7-11)21-18(23)22-12-8-15(24-2)17(26-4)16(9-12)25-3/h5-10H,1-4H3,(H2,21,22,23). The lowest BCUT2D eigenvalue weighted by molar-refractivity contribution is 0.249. The fraction of sp³-hybridized carbons (Fsp3) is 0.278. The number of hydrogen-bond acceptors (Lipinski definition) is 4. The summed E-state index contributed by atoms with van der Waals surface area (Å²) in [6.07, 6.45) is 0. The molecule has 0 aliphatic heterocycles. The van der Waals surface area contributed by atoms with E-state index in [1.807, 2.05) is 6.92 Å². The lowest BCUT2D eigenvalue weighted by atomic mass is 10.1. The summed E-state index contributed by atoms with van der Waals surface area (Å²) in [5.74, 6) is 1.34. The number of hydrogen-bond donors (Lipinski definition) is 2. The molecule has 0 fully saturated rings. The predicted octanol–water partition coefficient (Wildman–Crippen LogP) is 4.90. The molecule has 1 unspecified atom stereocenters. The van der Waals surface area contributed by atoms with Crippen molar-refractivity contribution < 1.29 is 19.0 Å². The van der Waals surface area contributed by atoms with Gasteiger partial charge in [0, 0.05) is 12.1 Å². The number of urea groups is 1. The molecule has 2 N–H and O–H groups in total. The number of ether oxygens (including phenoxy) is 3. The molecular formula is C18H20Cl2N2O4. The number of amides is 2. The second-order valence-corrected chi connectivity index (χ2v) is 6.22. The van der Waals surface area contributed by atoms with E-state index in [4.69, 9.17) is 37.4 Å². The van der Waals surface area contributed by atoms with Gasteiger partial charge in [0.25, 0.3) is 0 Å². The highest BCUT2D eigenvalue weighted by molar-refractivity contribution is 6.42. The van der Waals surface area contributed by atoms with Gasteiger partial charge in [0.15, 0.2) is 11.5 Å². The van der Waals surface area contributed by atoms with Gasteiger partial charge in [-0.2, -0.15) is 0 Å². The van der Waals surface area contributed by atoms with Crippen molar-refractivity contribution in [2.24, 2.45) is 0 Å². The minimum absolute atomic E-state index is 0.271. The number of methoxy groups -OCH3 is 3. The third-order valence-electron chi connectivity index (χ3n) is 3.71. The fourth-order valence-electron chi connectivity index (χ4n) is 2.38. The SMILES string of the molecule is COc1cc(NC(=O)NC(C)c2ccc(Cl)c(Cl)c2)cc(OC)c1OC. The third kappa shape index (κ3) is 4.65. The molecule has 8 heteroatoms. The molecule has 2 rings (SSSR count). The van der Waals surface area contributed by atoms with Gasteiger partial charge in [-0.1, -0.05) is 29.3 Å². The van der Waals surface area contributed by atoms with E-state index in [1.54, 1.807) is 30.3 Å². The van der Waals surface area contributed by atoms with E-state index in [0.29, 0.717) is 33.0 Å². The van der Waals surface area contributed by atoms with E-state index in [2.05, 4.69) is 10.6 Å². The second-order valence-electron chi connectivity index (χ2n) is 5.41. The van der Waals surface area contributed by atoms with Crippen LogP contribution in [0.4, 0.5) is 10.5 Å². The maximum atomic E-state index is 12.3. The number of anilines is 1. The first kappa shape index (κ1) is 20.0. The predicted molar refractivity (Wildman–Crippen MR) is 103 cm³/mol. The molecule has 2 aromatic carbocycles. The number of nitrogens with one attached hydrogen (secondary N) is 2. The number of rotatable bonds is 6. The highest BCUT2D eigenvalue weighted by Gasteiger charge is 2.16. The topological polar surface area (TPSA) is 68.8 Å². The van der Waals surface area contributed by atoms with Crippen molar-refractivity contribution in [1.29, 1.82) is 0 Å². The maximum Gasteiger partial charge on any atom is 0.319 e. The van der Waals surface area contributed by atoms with Crippen molar-refractivity contribution in [1.82, 2.24) is 5.32 Å². The number of benzene rings is 2. The first-order chi connectivity index (χ1) is 12.4. The van der Waals surface area contributed by atoms with Crippen LogP contribution >= 0.6 is 23.2 Å². The Kier molecular flexibility index (Phi) is 6.83. The molecule has 0 saturated carbocycles. The lowest BCUT2D eigenvalue weighted by Gasteiger charge is -2.17. The van der Waals surface area contributed by atoms with Gasteiger partial charge < -0.3 is 24.8 Å². The molecule has 140 valence electrons. The number of carbonyl (C=O) groups is 1. The van der Waals surface area contributed by atoms with Crippen molar-refractivity contribution in [2.45, 2.75) is 13.0 Å². The summed E-state index contributed by atoms with van der Waals surface area (Å²) in [6.45, 7) is 1.84. The zero-order valence-corrected chi connectivity index (χ0v) is 16.4. The largest absolute Gasteiger partial charge is 0.493 e. The molecule has 1 atom stereocenters. The summed E-state index contributed by atoms with van der Waals surface area (Å²) < 4.78 is 15.8. The summed E-state index contributed by atoms with van der Waals surface area (Å²) in [5, 5.41) is 6.47. The Labute approximate surface area is 162 Å². The maximum absolute atomic E-state index is 12.3. The van der Waals surface area contributed by atoms with Gasteiger partial charge >= 0.3 is 6.03 Å². The van der Waals surface area contributed by atoms with Crippen LogP contribution in [0.2, 0.25) is 10.0 Å². The van der Waals surface area contributed by atoms with Gasteiger partial charge in [-0.25, -0.2) is 4.79 Å². The van der Waals surface area contributed by atoms with E-state index >= 15 is 0 Å². The normalized spacial score (nSPS) is 11.5. The highest BCUT2D eigenvalue weighted by Crippen LogP contribution is 2.39. The first-order valence-electron chi connectivity index (χ1n) is 7.72. The molecule has 0 heterocycles. The number of halogens is 2. The molecular weight excluding hydrogens is 379 g/mol. The summed E-state index contributed by atoms with van der Waals surface area (Å²) in [5.41, 5.74) is 1.33. The van der Waals surface area contributed by atoms with E-state index in [0.717, 1.165) is 5.56 Å². The van der Waals surface area contributed by atoms with Crippen molar-refractivity contribution in [3.63, 3.8) is 0 Å². The quantitative estimate of drug-likeness (QED) is 0.725. The Morgan fingerprint density at radius 3 is 2.08 bits per heavy atom. The van der Waals surface area contributed by atoms with Crippen molar-refractivity contribution in [3.05, 3.63) is 45.9 Å². The van der Waals surface area contributed by atoms with Crippen LogP contribution in [0.1, 0.15) is 18.5 Å². The van der Waals surface area contributed by atoms with E-state index in [-0.39, 0.29) is 6.04 Å². The molecule has 0 aliphatic rings. The Morgan fingerprint density at radius 1 is 0.962 bits per heavy atom. The third-order valence-corrected chi connectivity index (χ3v) is 4.45. The van der Waals surface area contributed by atoms with Crippen LogP contribution in [-0.2, 0) is 0 Å². The highest BCUT2D eigenvalue weighted by atomic mass is 35.5. The van der Waals surface area contributed by atoms with Gasteiger partial charge in [0.1, 0.15) is 0 Å². The van der Waals surface area contributed by atoms with Gasteiger partial charge in [-0.05, 0) is 24.6 Å². The minimum atomic E-state index is -0.391. The zero-order valence-electron chi connectivity index (χ0n) is 14.9. The average Bonchev–Trinajstić information content (AvgIpc) is 2.62. The molecule has 0 bridgehead atoms. The van der Waals surface area contributed by atoms with Crippen molar-refractivity contribution >= 4 is 34.9 Å². The first-order valence-corrected chi connectivity index (χ1v) is 8.47. The van der Waals surface area contributed by atoms with Gasteiger partial charge in [-0.15, -0.1) is 0 Å². The van der Waals surface area contributed by atoms with Crippen LogP contribution in [0.25, 0.3) is 0 Å². The van der Waals surface area contributed by atoms with Crippen molar-refractivity contribution in [3.8, 4) is 17.2 Å². The molecule has 0 saturated heterocycles. The van der Waals surface area contributed by atoms with E-state index in [9.17, 15) is 4.79 Å². The minimum Gasteiger partial charge on any atom is -0.493 e. The molecule has 2 amide bonds. The van der Waals surface area contributed by atoms with Gasteiger partial charge in [-0.3, -0.25) is 0 Å². The Hall–Kier alpha value is -2.31. The lowest BCUT2D eigenvalue weighted by Crippen LogP contribution is -2.31. The fourth-order valence-corrected chi connectivity index (χ4v) is 2.69. The van der Waals surface area contributed by atoms with Crippen LogP contribution in [0.15, 0.2) is 30.3 Å². The summed E-state index contributed by atoms with van der Waals surface area (Å²) in [6, 6.07) is 7.83. The van der Waals surface area contributed by atoms with Crippen LogP contribution in [0.5, 0.6) is 17.2 Å². The van der Waals surface area contributed by atoms with Gasteiger partial charge in [0.05, 0.1) is 43.1 Å². The molecule has 0 aliphatic carbocycles.